The molecule has 0 aliphatic carbocycles. The van der Waals surface area contributed by atoms with Crippen molar-refractivity contribution < 1.29 is 19.0 Å². The number of morpholine rings is 1. The molecule has 0 atom stereocenters. The molecule has 0 spiro atoms. The third-order valence-electron chi connectivity index (χ3n) is 4.28. The van der Waals surface area contributed by atoms with Crippen LogP contribution in [-0.2, 0) is 9.53 Å². The Hall–Kier alpha value is -2.63. The second kappa shape index (κ2) is 9.90. The lowest BCUT2D eigenvalue weighted by Crippen LogP contribution is -2.38. The molecule has 5 nitrogen and oxygen atoms in total. The first-order valence-corrected chi connectivity index (χ1v) is 9.20. The van der Waals surface area contributed by atoms with Crippen LogP contribution in [0.1, 0.15) is 12.5 Å². The fraction of sp³-hybridized carbons (Fsp3) is 0.318. The summed E-state index contributed by atoms with van der Waals surface area (Å²) >= 11 is 0. The van der Waals surface area contributed by atoms with Crippen LogP contribution in [0.2, 0.25) is 0 Å². The van der Waals surface area contributed by atoms with Gasteiger partial charge in [0.05, 0.1) is 13.2 Å². The van der Waals surface area contributed by atoms with Crippen LogP contribution in [-0.4, -0.2) is 50.1 Å². The van der Waals surface area contributed by atoms with E-state index in [-0.39, 0.29) is 11.5 Å². The molecule has 0 N–H and O–H groups in total. The summed E-state index contributed by atoms with van der Waals surface area (Å²) in [6.07, 6.45) is 1.74. The first-order valence-electron chi connectivity index (χ1n) is 9.20. The highest BCUT2D eigenvalue weighted by Crippen LogP contribution is 2.29. The maximum absolute atomic E-state index is 12.0. The second-order valence-corrected chi connectivity index (χ2v) is 6.33. The molecule has 0 amide bonds. The van der Waals surface area contributed by atoms with Crippen molar-refractivity contribution in [3.8, 4) is 11.5 Å². The topological polar surface area (TPSA) is 48.0 Å². The zero-order chi connectivity index (χ0) is 18.9. The standard InChI is InChI=1S/C22H25NO4/c1-18(24)22(17-19-7-3-2-4-8-19)27-21-10-6-5-9-20(21)26-16-13-23-11-14-25-15-12-23/h2-10,17H,11-16H2,1H3/b22-17+. The third-order valence-corrected chi connectivity index (χ3v) is 4.28. The number of para-hydroxylation sites is 2. The van der Waals surface area contributed by atoms with Gasteiger partial charge in [0, 0.05) is 26.6 Å². The minimum Gasteiger partial charge on any atom is -0.488 e. The Balaban J connectivity index is 1.66. The van der Waals surface area contributed by atoms with Crippen molar-refractivity contribution in [2.45, 2.75) is 6.92 Å². The number of carbonyl (C=O) groups is 1. The Kier molecular flexibility index (Phi) is 7.02. The fourth-order valence-corrected chi connectivity index (χ4v) is 2.79. The number of nitrogens with zero attached hydrogens (tertiary/aromatic N) is 1. The number of hydrogen-bond donors (Lipinski definition) is 0. The van der Waals surface area contributed by atoms with E-state index >= 15 is 0 Å². The lowest BCUT2D eigenvalue weighted by Gasteiger charge is -2.26. The molecular weight excluding hydrogens is 342 g/mol. The monoisotopic (exact) mass is 367 g/mol. The number of carbonyl (C=O) groups excluding carboxylic acids is 1. The Morgan fingerprint density at radius 2 is 1.70 bits per heavy atom. The van der Waals surface area contributed by atoms with Gasteiger partial charge in [0.25, 0.3) is 0 Å². The maximum Gasteiger partial charge on any atom is 0.194 e. The van der Waals surface area contributed by atoms with Crippen LogP contribution in [0.25, 0.3) is 6.08 Å². The van der Waals surface area contributed by atoms with Crippen molar-refractivity contribution >= 4 is 11.9 Å². The van der Waals surface area contributed by atoms with Crippen molar-refractivity contribution in [2.24, 2.45) is 0 Å². The summed E-state index contributed by atoms with van der Waals surface area (Å²) in [6, 6.07) is 17.1. The second-order valence-electron chi connectivity index (χ2n) is 6.33. The Labute approximate surface area is 160 Å². The van der Waals surface area contributed by atoms with E-state index in [0.29, 0.717) is 18.1 Å². The van der Waals surface area contributed by atoms with Gasteiger partial charge in [-0.2, -0.15) is 0 Å². The molecule has 27 heavy (non-hydrogen) atoms. The fourth-order valence-electron chi connectivity index (χ4n) is 2.79. The molecule has 0 saturated carbocycles. The van der Waals surface area contributed by atoms with Crippen LogP contribution in [0.5, 0.6) is 11.5 Å². The van der Waals surface area contributed by atoms with E-state index in [0.717, 1.165) is 38.4 Å². The van der Waals surface area contributed by atoms with Gasteiger partial charge in [-0.15, -0.1) is 0 Å². The number of hydrogen-bond acceptors (Lipinski definition) is 5. The van der Waals surface area contributed by atoms with Gasteiger partial charge >= 0.3 is 0 Å². The molecular formula is C22H25NO4. The van der Waals surface area contributed by atoms with Crippen molar-refractivity contribution in [1.29, 1.82) is 0 Å². The largest absolute Gasteiger partial charge is 0.488 e. The molecule has 1 aliphatic rings. The van der Waals surface area contributed by atoms with E-state index in [4.69, 9.17) is 14.2 Å². The summed E-state index contributed by atoms with van der Waals surface area (Å²) in [6.45, 7) is 6.27. The third kappa shape index (κ3) is 5.94. The van der Waals surface area contributed by atoms with E-state index in [2.05, 4.69) is 4.90 Å². The predicted molar refractivity (Wildman–Crippen MR) is 105 cm³/mol. The van der Waals surface area contributed by atoms with Crippen LogP contribution in [0.15, 0.2) is 60.4 Å². The summed E-state index contributed by atoms with van der Waals surface area (Å²) in [4.78, 5) is 14.3. The van der Waals surface area contributed by atoms with Crippen molar-refractivity contribution in [3.05, 3.63) is 65.9 Å². The number of Topliss-reactive ketones (excluding diaryl/α,β-unsaturated/α-hetero) is 1. The van der Waals surface area contributed by atoms with Crippen LogP contribution in [0.3, 0.4) is 0 Å². The van der Waals surface area contributed by atoms with Gasteiger partial charge in [0.15, 0.2) is 23.0 Å². The van der Waals surface area contributed by atoms with Gasteiger partial charge in [0.1, 0.15) is 6.61 Å². The van der Waals surface area contributed by atoms with E-state index in [1.54, 1.807) is 6.08 Å². The smallest absolute Gasteiger partial charge is 0.194 e. The van der Waals surface area contributed by atoms with Gasteiger partial charge in [-0.05, 0) is 23.8 Å². The average Bonchev–Trinajstić information content (AvgIpc) is 2.70. The van der Waals surface area contributed by atoms with Crippen molar-refractivity contribution in [1.82, 2.24) is 4.90 Å². The molecule has 142 valence electrons. The molecule has 2 aromatic rings. The lowest BCUT2D eigenvalue weighted by molar-refractivity contribution is -0.115. The van der Waals surface area contributed by atoms with E-state index in [1.807, 2.05) is 54.6 Å². The highest BCUT2D eigenvalue weighted by molar-refractivity contribution is 5.96. The van der Waals surface area contributed by atoms with Crippen LogP contribution in [0.4, 0.5) is 0 Å². The van der Waals surface area contributed by atoms with E-state index in [9.17, 15) is 4.79 Å². The first-order chi connectivity index (χ1) is 13.2. The maximum atomic E-state index is 12.0. The SMILES string of the molecule is CC(=O)/C(=C\c1ccccc1)Oc1ccccc1OCCN1CCOCC1. The summed E-state index contributed by atoms with van der Waals surface area (Å²) in [5, 5.41) is 0. The summed E-state index contributed by atoms with van der Waals surface area (Å²) < 4.78 is 17.2. The van der Waals surface area contributed by atoms with E-state index < -0.39 is 0 Å². The summed E-state index contributed by atoms with van der Waals surface area (Å²) in [5.74, 6) is 1.32. The van der Waals surface area contributed by atoms with Gasteiger partial charge in [-0.1, -0.05) is 42.5 Å². The molecule has 0 radical (unpaired) electrons. The van der Waals surface area contributed by atoms with Crippen molar-refractivity contribution in [2.75, 3.05) is 39.5 Å². The minimum absolute atomic E-state index is 0.137. The van der Waals surface area contributed by atoms with Gasteiger partial charge in [-0.3, -0.25) is 9.69 Å². The molecule has 3 rings (SSSR count). The highest BCUT2D eigenvalue weighted by Gasteiger charge is 2.13. The number of ketones is 1. The Morgan fingerprint density at radius 3 is 2.41 bits per heavy atom. The van der Waals surface area contributed by atoms with Crippen LogP contribution in [0, 0.1) is 0 Å². The Bertz CT molecular complexity index is 767. The zero-order valence-corrected chi connectivity index (χ0v) is 15.6. The molecule has 5 heteroatoms. The predicted octanol–water partition coefficient (Wildman–Crippen LogP) is 3.41. The number of ether oxygens (including phenoxy) is 3. The average molecular weight is 367 g/mol. The van der Waals surface area contributed by atoms with Gasteiger partial charge < -0.3 is 14.2 Å². The molecule has 2 aromatic carbocycles. The molecule has 0 aromatic heterocycles. The normalized spacial score (nSPS) is 15.4. The molecule has 0 bridgehead atoms. The van der Waals surface area contributed by atoms with Crippen LogP contribution >= 0.6 is 0 Å². The molecule has 1 saturated heterocycles. The quantitative estimate of drug-likeness (QED) is 0.529. The van der Waals surface area contributed by atoms with Gasteiger partial charge in [-0.25, -0.2) is 0 Å². The van der Waals surface area contributed by atoms with E-state index in [1.165, 1.54) is 6.92 Å². The minimum atomic E-state index is -0.137. The zero-order valence-electron chi connectivity index (χ0n) is 15.6. The highest BCUT2D eigenvalue weighted by atomic mass is 16.5. The number of rotatable bonds is 8. The molecule has 1 heterocycles. The molecule has 0 unspecified atom stereocenters. The summed E-state index contributed by atoms with van der Waals surface area (Å²) in [5.41, 5.74) is 0.911. The number of benzene rings is 2. The first kappa shape index (κ1) is 19.1. The number of allylic oxidation sites excluding steroid dienone is 1. The lowest BCUT2D eigenvalue weighted by atomic mass is 10.2. The van der Waals surface area contributed by atoms with Crippen molar-refractivity contribution in [3.63, 3.8) is 0 Å². The summed E-state index contributed by atoms with van der Waals surface area (Å²) in [7, 11) is 0. The van der Waals surface area contributed by atoms with Crippen LogP contribution < -0.4 is 9.47 Å². The Morgan fingerprint density at radius 1 is 1.04 bits per heavy atom. The molecule has 1 fully saturated rings. The van der Waals surface area contributed by atoms with Gasteiger partial charge in [0.2, 0.25) is 0 Å². The molecule has 1 aliphatic heterocycles.